The first-order valence-corrected chi connectivity index (χ1v) is 8.26. The van der Waals surface area contributed by atoms with Crippen molar-refractivity contribution in [1.29, 1.82) is 0 Å². The van der Waals surface area contributed by atoms with Gasteiger partial charge in [-0.15, -0.1) is 13.2 Å². The number of carbonyl (C=O) groups excluding carboxylic acids is 1. The Labute approximate surface area is 154 Å². The number of carbonyl (C=O) groups is 1. The number of hydrogen-bond acceptors (Lipinski definition) is 3. The molecule has 0 saturated heterocycles. The molecule has 2 aromatic rings. The molecule has 0 fully saturated rings. The molecule has 138 valence electrons. The maximum absolute atomic E-state index is 12.5. The van der Waals surface area contributed by atoms with Gasteiger partial charge >= 0.3 is 6.36 Å². The number of alkyl halides is 3. The zero-order chi connectivity index (χ0) is 19.3. The molecule has 0 aliphatic carbocycles. The molecule has 0 N–H and O–H groups in total. The number of ether oxygens (including phenoxy) is 1. The Morgan fingerprint density at radius 2 is 1.74 bits per heavy atom. The molecule has 27 heavy (non-hydrogen) atoms. The Kier molecular flexibility index (Phi) is 5.54. The van der Waals surface area contributed by atoms with Gasteiger partial charge in [-0.25, -0.2) is 0 Å². The molecule has 0 spiro atoms. The highest BCUT2D eigenvalue weighted by Gasteiger charge is 2.31. The van der Waals surface area contributed by atoms with Crippen molar-refractivity contribution in [3.05, 3.63) is 84.0 Å². The van der Waals surface area contributed by atoms with E-state index in [0.29, 0.717) is 12.1 Å². The molecule has 1 unspecified atom stereocenters. The molecule has 1 aliphatic heterocycles. The summed E-state index contributed by atoms with van der Waals surface area (Å²) in [6.45, 7) is 0.296. The van der Waals surface area contributed by atoms with Gasteiger partial charge in [-0.05, 0) is 42.0 Å². The Bertz CT molecular complexity index is 882. The summed E-state index contributed by atoms with van der Waals surface area (Å²) in [5.74, 6) is -0.988. The first kappa shape index (κ1) is 18.6. The van der Waals surface area contributed by atoms with Gasteiger partial charge in [0.05, 0.1) is 18.2 Å². The van der Waals surface area contributed by atoms with E-state index in [0.717, 1.165) is 23.4 Å². The highest BCUT2D eigenvalue weighted by molar-refractivity contribution is 6.08. The lowest BCUT2D eigenvalue weighted by Crippen LogP contribution is -2.20. The standard InChI is InChI=1S/C21H16F3NO2/c22-21(23,24)27-19-12-8-16(9-13-19)20(26)17-7-11-18(25-14-17)10-6-15-4-2-1-3-5-15/h1-13,17H,14H2/b10-6+. The summed E-state index contributed by atoms with van der Waals surface area (Å²) in [5, 5.41) is 0. The van der Waals surface area contributed by atoms with Crippen LogP contribution in [0.3, 0.4) is 0 Å². The fraction of sp³-hybridized carbons (Fsp3) is 0.143. The van der Waals surface area contributed by atoms with Gasteiger partial charge in [0.15, 0.2) is 5.78 Å². The third kappa shape index (κ3) is 5.41. The SMILES string of the molecule is O=C(c1ccc(OC(F)(F)F)cc1)C1C=CC(/C=C/c2ccccc2)=NC1. The molecule has 1 aliphatic rings. The van der Waals surface area contributed by atoms with Gasteiger partial charge in [-0.2, -0.15) is 0 Å². The molecule has 1 atom stereocenters. The molecule has 2 aromatic carbocycles. The maximum Gasteiger partial charge on any atom is 0.573 e. The average Bonchev–Trinajstić information content (AvgIpc) is 2.66. The van der Waals surface area contributed by atoms with E-state index in [-0.39, 0.29) is 11.5 Å². The number of ketones is 1. The summed E-state index contributed by atoms with van der Waals surface area (Å²) < 4.78 is 40.3. The number of halogens is 3. The van der Waals surface area contributed by atoms with Crippen LogP contribution in [0.4, 0.5) is 13.2 Å². The number of allylic oxidation sites excluding steroid dienone is 2. The van der Waals surface area contributed by atoms with E-state index in [2.05, 4.69) is 9.73 Å². The largest absolute Gasteiger partial charge is 0.573 e. The Morgan fingerprint density at radius 1 is 1.04 bits per heavy atom. The second kappa shape index (κ2) is 8.03. The number of aliphatic imine (C=N–C) groups is 1. The third-order valence-electron chi connectivity index (χ3n) is 3.93. The molecule has 3 rings (SSSR count). The second-order valence-electron chi connectivity index (χ2n) is 5.91. The van der Waals surface area contributed by atoms with Gasteiger partial charge in [0.1, 0.15) is 5.75 Å². The van der Waals surface area contributed by atoms with Crippen molar-refractivity contribution in [3.8, 4) is 5.75 Å². The van der Waals surface area contributed by atoms with Crippen LogP contribution in [-0.4, -0.2) is 24.4 Å². The van der Waals surface area contributed by atoms with Crippen LogP contribution in [0.2, 0.25) is 0 Å². The monoisotopic (exact) mass is 371 g/mol. The van der Waals surface area contributed by atoms with E-state index in [4.69, 9.17) is 0 Å². The summed E-state index contributed by atoms with van der Waals surface area (Å²) in [7, 11) is 0. The quantitative estimate of drug-likeness (QED) is 0.685. The van der Waals surface area contributed by atoms with Gasteiger partial charge in [0.25, 0.3) is 0 Å². The molecule has 3 nitrogen and oxygen atoms in total. The van der Waals surface area contributed by atoms with Gasteiger partial charge < -0.3 is 4.74 Å². The normalized spacial score (nSPS) is 17.0. The minimum absolute atomic E-state index is 0.195. The third-order valence-corrected chi connectivity index (χ3v) is 3.93. The summed E-state index contributed by atoms with van der Waals surface area (Å²) in [5.41, 5.74) is 2.13. The van der Waals surface area contributed by atoms with Crippen molar-refractivity contribution >= 4 is 17.6 Å². The molecule has 0 aromatic heterocycles. The summed E-state index contributed by atoms with van der Waals surface area (Å²) in [4.78, 5) is 16.9. The Morgan fingerprint density at radius 3 is 2.33 bits per heavy atom. The smallest absolute Gasteiger partial charge is 0.406 e. The van der Waals surface area contributed by atoms with Crippen LogP contribution >= 0.6 is 0 Å². The zero-order valence-corrected chi connectivity index (χ0v) is 14.2. The van der Waals surface area contributed by atoms with Crippen molar-refractivity contribution < 1.29 is 22.7 Å². The van der Waals surface area contributed by atoms with Crippen LogP contribution in [0.15, 0.2) is 77.8 Å². The van der Waals surface area contributed by atoms with Crippen molar-refractivity contribution in [1.82, 2.24) is 0 Å². The molecule has 0 amide bonds. The van der Waals surface area contributed by atoms with Crippen molar-refractivity contribution in [2.45, 2.75) is 6.36 Å². The van der Waals surface area contributed by atoms with Crippen molar-refractivity contribution in [2.24, 2.45) is 10.9 Å². The van der Waals surface area contributed by atoms with Gasteiger partial charge in [0.2, 0.25) is 0 Å². The molecule has 0 saturated carbocycles. The number of benzene rings is 2. The number of Topliss-reactive ketones (excluding diaryl/α,β-unsaturated/α-hetero) is 1. The lowest BCUT2D eigenvalue weighted by atomic mass is 9.95. The van der Waals surface area contributed by atoms with E-state index < -0.39 is 12.3 Å². The van der Waals surface area contributed by atoms with E-state index in [1.165, 1.54) is 12.1 Å². The van der Waals surface area contributed by atoms with E-state index >= 15 is 0 Å². The second-order valence-corrected chi connectivity index (χ2v) is 5.91. The highest BCUT2D eigenvalue weighted by Crippen LogP contribution is 2.24. The Hall–Kier alpha value is -3.15. The van der Waals surface area contributed by atoms with Gasteiger partial charge in [-0.3, -0.25) is 9.79 Å². The fourth-order valence-electron chi connectivity index (χ4n) is 2.59. The lowest BCUT2D eigenvalue weighted by molar-refractivity contribution is -0.274. The van der Waals surface area contributed by atoms with Crippen LogP contribution in [0, 0.1) is 5.92 Å². The number of nitrogens with zero attached hydrogens (tertiary/aromatic N) is 1. The van der Waals surface area contributed by atoms with Crippen LogP contribution in [0.5, 0.6) is 5.75 Å². The lowest BCUT2D eigenvalue weighted by Gasteiger charge is -2.14. The van der Waals surface area contributed by atoms with E-state index in [9.17, 15) is 18.0 Å². The zero-order valence-electron chi connectivity index (χ0n) is 14.2. The van der Waals surface area contributed by atoms with Crippen molar-refractivity contribution in [3.63, 3.8) is 0 Å². The first-order chi connectivity index (χ1) is 12.9. The summed E-state index contributed by atoms with van der Waals surface area (Å²) >= 11 is 0. The molecular formula is C21H16F3NO2. The summed E-state index contributed by atoms with van der Waals surface area (Å²) in [6.07, 6.45) is 2.59. The maximum atomic E-state index is 12.5. The topological polar surface area (TPSA) is 38.7 Å². The molecule has 0 bridgehead atoms. The van der Waals surface area contributed by atoms with Crippen LogP contribution in [0.1, 0.15) is 15.9 Å². The van der Waals surface area contributed by atoms with Gasteiger partial charge in [0, 0.05) is 5.56 Å². The van der Waals surface area contributed by atoms with Gasteiger partial charge in [-0.1, -0.05) is 42.5 Å². The number of rotatable bonds is 5. The predicted octanol–water partition coefficient (Wildman–Crippen LogP) is 5.11. The average molecular weight is 371 g/mol. The summed E-state index contributed by atoms with van der Waals surface area (Å²) in [6, 6.07) is 14.7. The minimum atomic E-state index is -4.75. The first-order valence-electron chi connectivity index (χ1n) is 8.26. The van der Waals surface area contributed by atoms with Crippen LogP contribution < -0.4 is 4.74 Å². The molecule has 1 heterocycles. The fourth-order valence-corrected chi connectivity index (χ4v) is 2.59. The number of dihydropyridines is 1. The predicted molar refractivity (Wildman–Crippen MR) is 97.9 cm³/mol. The van der Waals surface area contributed by atoms with Crippen molar-refractivity contribution in [2.75, 3.05) is 6.54 Å². The van der Waals surface area contributed by atoms with Crippen LogP contribution in [0.25, 0.3) is 6.08 Å². The number of hydrogen-bond donors (Lipinski definition) is 0. The van der Waals surface area contributed by atoms with E-state index in [1.807, 2.05) is 42.5 Å². The molecule has 0 radical (unpaired) electrons. The van der Waals surface area contributed by atoms with Crippen LogP contribution in [-0.2, 0) is 0 Å². The molecular weight excluding hydrogens is 355 g/mol. The Balaban J connectivity index is 1.60. The molecule has 6 heteroatoms. The van der Waals surface area contributed by atoms with E-state index in [1.54, 1.807) is 12.2 Å². The minimum Gasteiger partial charge on any atom is -0.406 e. The highest BCUT2D eigenvalue weighted by atomic mass is 19.4.